The van der Waals surface area contributed by atoms with Gasteiger partial charge in [-0.25, -0.2) is 0 Å². The Morgan fingerprint density at radius 3 is 2.54 bits per heavy atom. The van der Waals surface area contributed by atoms with E-state index >= 15 is 0 Å². The zero-order valence-corrected chi connectivity index (χ0v) is 16.0. The molecule has 1 saturated heterocycles. The van der Waals surface area contributed by atoms with Gasteiger partial charge in [-0.05, 0) is 32.5 Å². The first-order valence-electron chi connectivity index (χ1n) is 9.85. The van der Waals surface area contributed by atoms with Crippen molar-refractivity contribution in [3.05, 3.63) is 35.9 Å². The molecule has 0 spiro atoms. The number of carbonyl (C=O) groups is 2. The zero-order valence-electron chi connectivity index (χ0n) is 16.0. The molecule has 1 heterocycles. The molecule has 1 saturated carbocycles. The lowest BCUT2D eigenvalue weighted by atomic mass is 9.94. The summed E-state index contributed by atoms with van der Waals surface area (Å²) in [6.45, 7) is 1.15. The van der Waals surface area contributed by atoms with Gasteiger partial charge in [0.25, 0.3) is 0 Å². The summed E-state index contributed by atoms with van der Waals surface area (Å²) < 4.78 is 0. The lowest BCUT2D eigenvalue weighted by molar-refractivity contribution is -0.130. The minimum absolute atomic E-state index is 0.0134. The molecule has 2 fully saturated rings. The van der Waals surface area contributed by atoms with Crippen LogP contribution in [-0.4, -0.2) is 54.8 Å². The molecule has 2 atom stereocenters. The topological polar surface area (TPSA) is 52.7 Å². The van der Waals surface area contributed by atoms with Crippen molar-refractivity contribution in [2.24, 2.45) is 5.92 Å². The number of likely N-dealkylation sites (N-methyl/N-ethyl adjacent to an activating group) is 1. The maximum absolute atomic E-state index is 12.7. The normalized spacial score (nSPS) is 22.7. The smallest absolute Gasteiger partial charge is 0.225 e. The number of amides is 2. The first-order chi connectivity index (χ1) is 12.6. The molecule has 1 aliphatic heterocycles. The van der Waals surface area contributed by atoms with E-state index in [1.54, 1.807) is 0 Å². The fraction of sp³-hybridized carbons (Fsp3) is 0.619. The van der Waals surface area contributed by atoms with E-state index < -0.39 is 0 Å². The molecule has 2 amide bonds. The molecule has 5 nitrogen and oxygen atoms in total. The number of hydrogen-bond acceptors (Lipinski definition) is 3. The predicted octanol–water partition coefficient (Wildman–Crippen LogP) is 2.59. The van der Waals surface area contributed by atoms with Gasteiger partial charge in [-0.2, -0.15) is 0 Å². The highest BCUT2D eigenvalue weighted by Gasteiger charge is 2.38. The van der Waals surface area contributed by atoms with Crippen LogP contribution in [0.15, 0.2) is 30.3 Å². The standard InChI is InChI=1S/C21H31N3O2/c1-23(2)19(16-9-5-3-6-10-16)14-22-21(26)17-13-20(25)24(15-17)18-11-7-4-8-12-18/h3,5-6,9-10,17-19H,4,7-8,11-15H2,1-2H3,(H,22,26). The molecule has 0 radical (unpaired) electrons. The SMILES string of the molecule is CN(C)C(CNC(=O)C1CC(=O)N(C2CCCCC2)C1)c1ccccc1. The second kappa shape index (κ2) is 8.67. The molecule has 1 aromatic rings. The van der Waals surface area contributed by atoms with Crippen LogP contribution >= 0.6 is 0 Å². The monoisotopic (exact) mass is 357 g/mol. The number of benzene rings is 1. The number of likely N-dealkylation sites (tertiary alicyclic amines) is 1. The van der Waals surface area contributed by atoms with Gasteiger partial charge in [0.15, 0.2) is 0 Å². The van der Waals surface area contributed by atoms with Crippen LogP contribution in [0.2, 0.25) is 0 Å². The number of hydrogen-bond donors (Lipinski definition) is 1. The summed E-state index contributed by atoms with van der Waals surface area (Å²) in [5.74, 6) is -0.0354. The van der Waals surface area contributed by atoms with Crippen LogP contribution in [0.3, 0.4) is 0 Å². The minimum Gasteiger partial charge on any atom is -0.354 e. The first-order valence-corrected chi connectivity index (χ1v) is 9.85. The zero-order chi connectivity index (χ0) is 18.5. The Morgan fingerprint density at radius 2 is 1.88 bits per heavy atom. The summed E-state index contributed by atoms with van der Waals surface area (Å²) in [6, 6.07) is 10.7. The third kappa shape index (κ3) is 4.44. The van der Waals surface area contributed by atoms with E-state index in [0.29, 0.717) is 25.6 Å². The second-order valence-electron chi connectivity index (χ2n) is 7.87. The van der Waals surface area contributed by atoms with Gasteiger partial charge in [0.05, 0.1) is 12.0 Å². The lowest BCUT2D eigenvalue weighted by Crippen LogP contribution is -2.40. The summed E-state index contributed by atoms with van der Waals surface area (Å²) >= 11 is 0. The molecule has 1 N–H and O–H groups in total. The molecule has 1 aromatic carbocycles. The van der Waals surface area contributed by atoms with Crippen molar-refractivity contribution >= 4 is 11.8 Å². The molecule has 142 valence electrons. The molecule has 2 unspecified atom stereocenters. The lowest BCUT2D eigenvalue weighted by Gasteiger charge is -2.31. The van der Waals surface area contributed by atoms with Crippen molar-refractivity contribution in [1.29, 1.82) is 0 Å². The van der Waals surface area contributed by atoms with E-state index in [1.807, 2.05) is 37.2 Å². The van der Waals surface area contributed by atoms with Gasteiger partial charge >= 0.3 is 0 Å². The molecule has 0 bridgehead atoms. The maximum atomic E-state index is 12.7. The Morgan fingerprint density at radius 1 is 1.19 bits per heavy atom. The largest absolute Gasteiger partial charge is 0.354 e. The van der Waals surface area contributed by atoms with Gasteiger partial charge in [-0.15, -0.1) is 0 Å². The quantitative estimate of drug-likeness (QED) is 0.851. The van der Waals surface area contributed by atoms with E-state index in [0.717, 1.165) is 12.8 Å². The predicted molar refractivity (Wildman–Crippen MR) is 103 cm³/mol. The molecular weight excluding hydrogens is 326 g/mol. The molecule has 1 aliphatic carbocycles. The van der Waals surface area contributed by atoms with Crippen molar-refractivity contribution < 1.29 is 9.59 Å². The highest BCUT2D eigenvalue weighted by atomic mass is 16.2. The van der Waals surface area contributed by atoms with E-state index in [-0.39, 0.29) is 23.8 Å². The van der Waals surface area contributed by atoms with Crippen molar-refractivity contribution in [3.63, 3.8) is 0 Å². The first kappa shape index (κ1) is 18.9. The van der Waals surface area contributed by atoms with E-state index in [9.17, 15) is 9.59 Å². The van der Waals surface area contributed by atoms with Gasteiger partial charge in [0.1, 0.15) is 0 Å². The summed E-state index contributed by atoms with van der Waals surface area (Å²) in [5, 5.41) is 3.09. The number of nitrogens with one attached hydrogen (secondary N) is 1. The third-order valence-electron chi connectivity index (χ3n) is 5.82. The summed E-state index contributed by atoms with van der Waals surface area (Å²) in [5.41, 5.74) is 1.18. The van der Waals surface area contributed by atoms with Crippen molar-refractivity contribution in [2.75, 3.05) is 27.2 Å². The Hall–Kier alpha value is -1.88. The fourth-order valence-electron chi connectivity index (χ4n) is 4.27. The Balaban J connectivity index is 1.55. The Bertz CT molecular complexity index is 611. The Labute approximate surface area is 156 Å². The number of nitrogens with zero attached hydrogens (tertiary/aromatic N) is 2. The fourth-order valence-corrected chi connectivity index (χ4v) is 4.27. The van der Waals surface area contributed by atoms with E-state index in [1.165, 1.54) is 24.8 Å². The van der Waals surface area contributed by atoms with Gasteiger partial charge in [0, 0.05) is 25.6 Å². The summed E-state index contributed by atoms with van der Waals surface area (Å²) in [6.07, 6.45) is 6.22. The third-order valence-corrected chi connectivity index (χ3v) is 5.82. The van der Waals surface area contributed by atoms with Crippen LogP contribution in [0.4, 0.5) is 0 Å². The van der Waals surface area contributed by atoms with Gasteiger partial charge in [0.2, 0.25) is 11.8 Å². The highest BCUT2D eigenvalue weighted by molar-refractivity contribution is 5.89. The number of carbonyl (C=O) groups excluding carboxylic acids is 2. The van der Waals surface area contributed by atoms with Crippen LogP contribution in [0.1, 0.15) is 50.1 Å². The van der Waals surface area contributed by atoms with Gasteiger partial charge in [-0.3, -0.25) is 9.59 Å². The van der Waals surface area contributed by atoms with Crippen LogP contribution in [0.25, 0.3) is 0 Å². The molecule has 5 heteroatoms. The minimum atomic E-state index is -0.206. The summed E-state index contributed by atoms with van der Waals surface area (Å²) in [7, 11) is 4.04. The van der Waals surface area contributed by atoms with E-state index in [4.69, 9.17) is 0 Å². The van der Waals surface area contributed by atoms with Crippen LogP contribution in [0.5, 0.6) is 0 Å². The van der Waals surface area contributed by atoms with Crippen LogP contribution in [-0.2, 0) is 9.59 Å². The molecule has 3 rings (SSSR count). The average molecular weight is 357 g/mol. The van der Waals surface area contributed by atoms with Crippen molar-refractivity contribution in [2.45, 2.75) is 50.6 Å². The van der Waals surface area contributed by atoms with Crippen LogP contribution < -0.4 is 5.32 Å². The second-order valence-corrected chi connectivity index (χ2v) is 7.87. The molecule has 26 heavy (non-hydrogen) atoms. The van der Waals surface area contributed by atoms with E-state index in [2.05, 4.69) is 22.3 Å². The molecule has 2 aliphatic rings. The van der Waals surface area contributed by atoms with Crippen LogP contribution in [0, 0.1) is 5.92 Å². The Kier molecular flexibility index (Phi) is 6.30. The highest BCUT2D eigenvalue weighted by Crippen LogP contribution is 2.28. The average Bonchev–Trinajstić information content (AvgIpc) is 3.05. The van der Waals surface area contributed by atoms with Gasteiger partial charge < -0.3 is 15.1 Å². The van der Waals surface area contributed by atoms with Gasteiger partial charge in [-0.1, -0.05) is 49.6 Å². The number of rotatable bonds is 6. The van der Waals surface area contributed by atoms with Crippen molar-refractivity contribution in [1.82, 2.24) is 15.1 Å². The maximum Gasteiger partial charge on any atom is 0.225 e. The van der Waals surface area contributed by atoms with Crippen molar-refractivity contribution in [3.8, 4) is 0 Å². The summed E-state index contributed by atoms with van der Waals surface area (Å²) in [4.78, 5) is 29.2. The molecule has 0 aromatic heterocycles. The molecular formula is C21H31N3O2.